The number of amides is 1. The van der Waals surface area contributed by atoms with Crippen molar-refractivity contribution in [2.45, 2.75) is 6.92 Å². The van der Waals surface area contributed by atoms with Gasteiger partial charge in [-0.2, -0.15) is 0 Å². The first-order chi connectivity index (χ1) is 13.2. The minimum absolute atomic E-state index is 0.215. The van der Waals surface area contributed by atoms with Crippen LogP contribution in [0.2, 0.25) is 0 Å². The van der Waals surface area contributed by atoms with Gasteiger partial charge in [-0.1, -0.05) is 18.2 Å². The van der Waals surface area contributed by atoms with Crippen molar-refractivity contribution >= 4 is 50.8 Å². The molecule has 5 nitrogen and oxygen atoms in total. The predicted octanol–water partition coefficient (Wildman–Crippen LogP) is 5.67. The SMILES string of the molecule is CCOc1cccc2cc(-c3csc(NC(=O)C=Cc4cccs4)n3)oc12. The van der Waals surface area contributed by atoms with Crippen molar-refractivity contribution in [3.05, 3.63) is 58.1 Å². The third-order valence-electron chi connectivity index (χ3n) is 3.74. The molecular formula is C20H16N2O3S2. The lowest BCUT2D eigenvalue weighted by Crippen LogP contribution is -2.07. The standard InChI is InChI=1S/C20H16N2O3S2/c1-2-24-16-7-3-5-13-11-17(25-19(13)16)15-12-27-20(21-15)22-18(23)9-8-14-6-4-10-26-14/h3-12H,2H2,1H3,(H,21,22,23). The minimum Gasteiger partial charge on any atom is -0.490 e. The number of para-hydroxylation sites is 1. The van der Waals surface area contributed by atoms with Gasteiger partial charge in [0.05, 0.1) is 6.61 Å². The molecule has 7 heteroatoms. The van der Waals surface area contributed by atoms with Crippen LogP contribution in [0, 0.1) is 0 Å². The molecule has 1 aromatic carbocycles. The van der Waals surface area contributed by atoms with E-state index >= 15 is 0 Å². The first kappa shape index (κ1) is 17.5. The number of thiazole rings is 1. The number of fused-ring (bicyclic) bond motifs is 1. The highest BCUT2D eigenvalue weighted by Crippen LogP contribution is 2.34. The summed E-state index contributed by atoms with van der Waals surface area (Å²) < 4.78 is 11.6. The van der Waals surface area contributed by atoms with Crippen molar-refractivity contribution in [3.63, 3.8) is 0 Å². The molecule has 4 rings (SSSR count). The van der Waals surface area contributed by atoms with Crippen LogP contribution in [0.1, 0.15) is 11.8 Å². The highest BCUT2D eigenvalue weighted by molar-refractivity contribution is 7.14. The molecule has 1 amide bonds. The van der Waals surface area contributed by atoms with Gasteiger partial charge in [-0.25, -0.2) is 4.98 Å². The second kappa shape index (κ2) is 7.77. The third kappa shape index (κ3) is 3.94. The smallest absolute Gasteiger partial charge is 0.250 e. The van der Waals surface area contributed by atoms with E-state index < -0.39 is 0 Å². The van der Waals surface area contributed by atoms with Crippen LogP contribution in [0.25, 0.3) is 28.5 Å². The maximum atomic E-state index is 12.0. The Balaban J connectivity index is 1.51. The highest BCUT2D eigenvalue weighted by Gasteiger charge is 2.13. The molecule has 3 aromatic heterocycles. The van der Waals surface area contributed by atoms with Gasteiger partial charge < -0.3 is 9.15 Å². The molecule has 136 valence electrons. The average Bonchev–Trinajstić information content (AvgIpc) is 3.40. The van der Waals surface area contributed by atoms with Crippen molar-refractivity contribution in [2.75, 3.05) is 11.9 Å². The summed E-state index contributed by atoms with van der Waals surface area (Å²) in [6.07, 6.45) is 3.28. The number of hydrogen-bond acceptors (Lipinski definition) is 6. The lowest BCUT2D eigenvalue weighted by atomic mass is 10.2. The quantitative estimate of drug-likeness (QED) is 0.427. The van der Waals surface area contributed by atoms with E-state index in [0.717, 1.165) is 10.3 Å². The number of rotatable bonds is 6. The summed E-state index contributed by atoms with van der Waals surface area (Å²) in [7, 11) is 0. The minimum atomic E-state index is -0.215. The molecule has 0 aliphatic heterocycles. The molecule has 1 N–H and O–H groups in total. The number of hydrogen-bond donors (Lipinski definition) is 1. The molecule has 0 radical (unpaired) electrons. The number of aromatic nitrogens is 1. The summed E-state index contributed by atoms with van der Waals surface area (Å²) in [5.74, 6) is 1.14. The molecule has 0 bridgehead atoms. The Hall–Kier alpha value is -2.90. The molecule has 0 atom stereocenters. The van der Waals surface area contributed by atoms with Crippen LogP contribution in [0.15, 0.2) is 57.7 Å². The van der Waals surface area contributed by atoms with Crippen molar-refractivity contribution in [1.29, 1.82) is 0 Å². The van der Waals surface area contributed by atoms with Crippen LogP contribution >= 0.6 is 22.7 Å². The molecule has 0 aliphatic rings. The summed E-state index contributed by atoms with van der Waals surface area (Å²) in [5, 5.41) is 8.08. The number of thiophene rings is 1. The summed E-state index contributed by atoms with van der Waals surface area (Å²) in [6, 6.07) is 11.6. The molecule has 0 aliphatic carbocycles. The van der Waals surface area contributed by atoms with Crippen molar-refractivity contribution < 1.29 is 13.9 Å². The molecule has 0 unspecified atom stereocenters. The molecular weight excluding hydrogens is 380 g/mol. The largest absolute Gasteiger partial charge is 0.490 e. The van der Waals surface area contributed by atoms with Gasteiger partial charge in [0.2, 0.25) is 5.91 Å². The van der Waals surface area contributed by atoms with E-state index in [4.69, 9.17) is 9.15 Å². The summed E-state index contributed by atoms with van der Waals surface area (Å²) in [4.78, 5) is 17.5. The van der Waals surface area contributed by atoms with Crippen LogP contribution in [-0.4, -0.2) is 17.5 Å². The van der Waals surface area contributed by atoms with Gasteiger partial charge in [-0.3, -0.25) is 10.1 Å². The van der Waals surface area contributed by atoms with E-state index in [0.29, 0.717) is 34.5 Å². The molecule has 0 saturated heterocycles. The van der Waals surface area contributed by atoms with Crippen LogP contribution in [0.4, 0.5) is 5.13 Å². The number of furan rings is 1. The maximum absolute atomic E-state index is 12.0. The first-order valence-electron chi connectivity index (χ1n) is 8.37. The zero-order chi connectivity index (χ0) is 18.6. The second-order valence-electron chi connectivity index (χ2n) is 5.59. The van der Waals surface area contributed by atoms with Gasteiger partial charge in [0.1, 0.15) is 5.69 Å². The van der Waals surface area contributed by atoms with Crippen molar-refractivity contribution in [1.82, 2.24) is 4.98 Å². The third-order valence-corrected chi connectivity index (χ3v) is 5.33. The Kier molecular flexibility index (Phi) is 5.04. The molecule has 4 aromatic rings. The molecule has 27 heavy (non-hydrogen) atoms. The van der Waals surface area contributed by atoms with Crippen LogP contribution < -0.4 is 10.1 Å². The lowest BCUT2D eigenvalue weighted by Gasteiger charge is -2.02. The van der Waals surface area contributed by atoms with Gasteiger partial charge in [0.25, 0.3) is 0 Å². The van der Waals surface area contributed by atoms with E-state index in [-0.39, 0.29) is 5.91 Å². The van der Waals surface area contributed by atoms with Crippen LogP contribution in [0.3, 0.4) is 0 Å². The normalized spacial score (nSPS) is 11.3. The Labute approximate surface area is 163 Å². The Morgan fingerprint density at radius 2 is 2.22 bits per heavy atom. The molecule has 0 saturated carbocycles. The van der Waals surface area contributed by atoms with Crippen molar-refractivity contribution in [3.8, 4) is 17.2 Å². The lowest BCUT2D eigenvalue weighted by molar-refractivity contribution is -0.111. The summed E-state index contributed by atoms with van der Waals surface area (Å²) >= 11 is 2.93. The van der Waals surface area contributed by atoms with E-state index in [9.17, 15) is 4.79 Å². The summed E-state index contributed by atoms with van der Waals surface area (Å²) in [6.45, 7) is 2.51. The fourth-order valence-corrected chi connectivity index (χ4v) is 3.89. The van der Waals surface area contributed by atoms with Crippen LogP contribution in [0.5, 0.6) is 5.75 Å². The van der Waals surface area contributed by atoms with Crippen LogP contribution in [-0.2, 0) is 4.79 Å². The van der Waals surface area contributed by atoms with E-state index in [1.165, 1.54) is 17.4 Å². The van der Waals surface area contributed by atoms with E-state index in [1.54, 1.807) is 17.4 Å². The Bertz CT molecular complexity index is 1090. The number of anilines is 1. The fraction of sp³-hybridized carbons (Fsp3) is 0.100. The zero-order valence-corrected chi connectivity index (χ0v) is 16.1. The Morgan fingerprint density at radius 1 is 1.30 bits per heavy atom. The fourth-order valence-electron chi connectivity index (χ4n) is 2.57. The van der Waals surface area contributed by atoms with Gasteiger partial charge in [0, 0.05) is 21.7 Å². The van der Waals surface area contributed by atoms with Gasteiger partial charge >= 0.3 is 0 Å². The monoisotopic (exact) mass is 396 g/mol. The van der Waals surface area contributed by atoms with Gasteiger partial charge in [-0.05, 0) is 36.6 Å². The van der Waals surface area contributed by atoms with E-state index in [1.807, 2.05) is 54.1 Å². The number of nitrogens with one attached hydrogen (secondary N) is 1. The van der Waals surface area contributed by atoms with Gasteiger partial charge in [-0.15, -0.1) is 22.7 Å². The van der Waals surface area contributed by atoms with E-state index in [2.05, 4.69) is 10.3 Å². The predicted molar refractivity (Wildman–Crippen MR) is 110 cm³/mol. The Morgan fingerprint density at radius 3 is 3.04 bits per heavy atom. The van der Waals surface area contributed by atoms with Gasteiger partial charge in [0.15, 0.2) is 22.2 Å². The number of carbonyl (C=O) groups excluding carboxylic acids is 1. The molecule has 0 spiro atoms. The topological polar surface area (TPSA) is 64.4 Å². The number of carbonyl (C=O) groups is 1. The highest BCUT2D eigenvalue weighted by atomic mass is 32.1. The van der Waals surface area contributed by atoms with Crippen molar-refractivity contribution in [2.24, 2.45) is 0 Å². The summed E-state index contributed by atoms with van der Waals surface area (Å²) in [5.41, 5.74) is 1.38. The second-order valence-corrected chi connectivity index (χ2v) is 7.43. The number of benzene rings is 1. The zero-order valence-electron chi connectivity index (χ0n) is 14.5. The average molecular weight is 396 g/mol. The maximum Gasteiger partial charge on any atom is 0.250 e. The molecule has 0 fully saturated rings. The number of nitrogens with zero attached hydrogens (tertiary/aromatic N) is 1. The first-order valence-corrected chi connectivity index (χ1v) is 10.1. The number of ether oxygens (including phenoxy) is 1. The molecule has 3 heterocycles.